The van der Waals surface area contributed by atoms with E-state index in [4.69, 9.17) is 0 Å². The van der Waals surface area contributed by atoms with E-state index in [1.54, 1.807) is 0 Å². The minimum Gasteiger partial charge on any atom is -0.388 e. The molecule has 0 aliphatic heterocycles. The molecule has 0 radical (unpaired) electrons. The molecular weight excluding hydrogens is 160 g/mol. The Balaban J connectivity index is 2.99. The van der Waals surface area contributed by atoms with Crippen molar-refractivity contribution < 1.29 is 5.11 Å². The maximum Gasteiger partial charge on any atom is 0.0787 e. The van der Waals surface area contributed by atoms with Crippen LogP contribution < -0.4 is 0 Å². The van der Waals surface area contributed by atoms with Gasteiger partial charge >= 0.3 is 0 Å². The molecule has 0 spiro atoms. The zero-order valence-corrected chi connectivity index (χ0v) is 8.67. The monoisotopic (exact) mass is 178 g/mol. The van der Waals surface area contributed by atoms with Gasteiger partial charge in [-0.25, -0.2) is 0 Å². The molecule has 1 N–H and O–H groups in total. The molecule has 1 aromatic carbocycles. The quantitative estimate of drug-likeness (QED) is 0.754. The molecule has 1 unspecified atom stereocenters. The second kappa shape index (κ2) is 4.43. The van der Waals surface area contributed by atoms with Crippen molar-refractivity contribution in [1.29, 1.82) is 0 Å². The van der Waals surface area contributed by atoms with Crippen LogP contribution in [-0.4, -0.2) is 5.11 Å². The van der Waals surface area contributed by atoms with Gasteiger partial charge in [-0.2, -0.15) is 0 Å². The normalized spacial score (nSPS) is 12.9. The van der Waals surface area contributed by atoms with Crippen molar-refractivity contribution in [2.45, 2.75) is 39.7 Å². The van der Waals surface area contributed by atoms with Crippen LogP contribution in [0, 0.1) is 6.92 Å². The van der Waals surface area contributed by atoms with Crippen LogP contribution in [0.1, 0.15) is 43.1 Å². The van der Waals surface area contributed by atoms with Crippen molar-refractivity contribution in [3.8, 4) is 0 Å². The van der Waals surface area contributed by atoms with E-state index in [1.165, 1.54) is 11.1 Å². The molecular formula is C12H18O. The first kappa shape index (κ1) is 10.3. The van der Waals surface area contributed by atoms with Crippen LogP contribution in [0.2, 0.25) is 0 Å². The predicted octanol–water partition coefficient (Wildman–Crippen LogP) is 3.00. The van der Waals surface area contributed by atoms with E-state index in [1.807, 2.05) is 13.0 Å². The van der Waals surface area contributed by atoms with Gasteiger partial charge in [-0.1, -0.05) is 32.0 Å². The fourth-order valence-electron chi connectivity index (χ4n) is 1.52. The van der Waals surface area contributed by atoms with Crippen LogP contribution in [0.3, 0.4) is 0 Å². The van der Waals surface area contributed by atoms with E-state index in [0.717, 1.165) is 18.4 Å². The summed E-state index contributed by atoms with van der Waals surface area (Å²) >= 11 is 0. The fraction of sp³-hybridized carbons (Fsp3) is 0.500. The van der Waals surface area contributed by atoms with Gasteiger partial charge in [-0.05, 0) is 36.5 Å². The van der Waals surface area contributed by atoms with E-state index < -0.39 is 0 Å². The first-order valence-corrected chi connectivity index (χ1v) is 4.96. The number of hydrogen-bond acceptors (Lipinski definition) is 1. The van der Waals surface area contributed by atoms with Gasteiger partial charge in [0, 0.05) is 0 Å². The van der Waals surface area contributed by atoms with Crippen molar-refractivity contribution >= 4 is 0 Å². The van der Waals surface area contributed by atoms with E-state index in [9.17, 15) is 5.11 Å². The van der Waals surface area contributed by atoms with Crippen LogP contribution in [0.25, 0.3) is 0 Å². The molecule has 0 heterocycles. The standard InChI is InChI=1S/C12H18O/c1-4-10-8-11(12(13)5-2)7-6-9(10)3/h6-8,12-13H,4-5H2,1-3H3. The maximum atomic E-state index is 9.64. The topological polar surface area (TPSA) is 20.2 Å². The highest BCUT2D eigenvalue weighted by Crippen LogP contribution is 2.19. The van der Waals surface area contributed by atoms with Crippen LogP contribution in [0.15, 0.2) is 18.2 Å². The third-order valence-electron chi connectivity index (χ3n) is 2.53. The largest absolute Gasteiger partial charge is 0.388 e. The summed E-state index contributed by atoms with van der Waals surface area (Å²) in [5.41, 5.74) is 3.70. The Bertz CT molecular complexity index is 278. The van der Waals surface area contributed by atoms with Gasteiger partial charge in [0.15, 0.2) is 0 Å². The lowest BCUT2D eigenvalue weighted by Gasteiger charge is -2.11. The molecule has 1 rings (SSSR count). The molecule has 0 fully saturated rings. The number of rotatable bonds is 3. The predicted molar refractivity (Wildman–Crippen MR) is 55.8 cm³/mol. The molecule has 1 atom stereocenters. The smallest absolute Gasteiger partial charge is 0.0787 e. The summed E-state index contributed by atoms with van der Waals surface area (Å²) in [6.45, 7) is 6.25. The molecule has 0 aromatic heterocycles. The third-order valence-corrected chi connectivity index (χ3v) is 2.53. The molecule has 1 nitrogen and oxygen atoms in total. The van der Waals surface area contributed by atoms with Crippen molar-refractivity contribution in [3.63, 3.8) is 0 Å². The van der Waals surface area contributed by atoms with Gasteiger partial charge in [-0.15, -0.1) is 0 Å². The molecule has 0 saturated carbocycles. The average Bonchev–Trinajstić information content (AvgIpc) is 2.17. The van der Waals surface area contributed by atoms with E-state index in [2.05, 4.69) is 26.0 Å². The van der Waals surface area contributed by atoms with Gasteiger partial charge in [0.25, 0.3) is 0 Å². The van der Waals surface area contributed by atoms with Crippen LogP contribution in [0.4, 0.5) is 0 Å². The first-order chi connectivity index (χ1) is 6.19. The molecule has 13 heavy (non-hydrogen) atoms. The Labute approximate surface area is 80.4 Å². The van der Waals surface area contributed by atoms with Crippen LogP contribution in [-0.2, 0) is 6.42 Å². The highest BCUT2D eigenvalue weighted by molar-refractivity contribution is 5.32. The Morgan fingerprint density at radius 1 is 1.31 bits per heavy atom. The van der Waals surface area contributed by atoms with E-state index in [0.29, 0.717) is 0 Å². The molecule has 72 valence electrons. The summed E-state index contributed by atoms with van der Waals surface area (Å²) in [5, 5.41) is 9.64. The molecule has 0 aliphatic carbocycles. The summed E-state index contributed by atoms with van der Waals surface area (Å²) in [6, 6.07) is 6.22. The number of hydrogen-bond donors (Lipinski definition) is 1. The molecule has 1 aromatic rings. The van der Waals surface area contributed by atoms with Crippen LogP contribution in [0.5, 0.6) is 0 Å². The second-order valence-electron chi connectivity index (χ2n) is 3.46. The molecule has 0 bridgehead atoms. The minimum absolute atomic E-state index is 0.300. The van der Waals surface area contributed by atoms with Crippen molar-refractivity contribution in [2.24, 2.45) is 0 Å². The fourth-order valence-corrected chi connectivity index (χ4v) is 1.52. The Morgan fingerprint density at radius 2 is 2.00 bits per heavy atom. The zero-order chi connectivity index (χ0) is 9.84. The Hall–Kier alpha value is -0.820. The lowest BCUT2D eigenvalue weighted by atomic mass is 9.99. The lowest BCUT2D eigenvalue weighted by molar-refractivity contribution is 0.173. The van der Waals surface area contributed by atoms with Gasteiger partial charge in [0.05, 0.1) is 6.10 Å². The van der Waals surface area contributed by atoms with E-state index in [-0.39, 0.29) is 6.10 Å². The number of aryl methyl sites for hydroxylation is 2. The SMILES string of the molecule is CCc1cc(C(O)CC)ccc1C. The first-order valence-electron chi connectivity index (χ1n) is 4.96. The number of aliphatic hydroxyl groups is 1. The van der Waals surface area contributed by atoms with Crippen molar-refractivity contribution in [1.82, 2.24) is 0 Å². The summed E-state index contributed by atoms with van der Waals surface area (Å²) < 4.78 is 0. The number of aliphatic hydroxyl groups excluding tert-OH is 1. The van der Waals surface area contributed by atoms with Crippen LogP contribution >= 0.6 is 0 Å². The van der Waals surface area contributed by atoms with Gasteiger partial charge in [0.2, 0.25) is 0 Å². The zero-order valence-electron chi connectivity index (χ0n) is 8.67. The van der Waals surface area contributed by atoms with Crippen molar-refractivity contribution in [2.75, 3.05) is 0 Å². The molecule has 1 heteroatoms. The van der Waals surface area contributed by atoms with Crippen molar-refractivity contribution in [3.05, 3.63) is 34.9 Å². The maximum absolute atomic E-state index is 9.64. The molecule has 0 saturated heterocycles. The third kappa shape index (κ3) is 2.31. The minimum atomic E-state index is -0.300. The Kier molecular flexibility index (Phi) is 3.49. The number of benzene rings is 1. The van der Waals surface area contributed by atoms with E-state index >= 15 is 0 Å². The lowest BCUT2D eigenvalue weighted by Crippen LogP contribution is -1.97. The summed E-state index contributed by atoms with van der Waals surface area (Å²) in [5.74, 6) is 0. The summed E-state index contributed by atoms with van der Waals surface area (Å²) in [4.78, 5) is 0. The molecule has 0 amide bonds. The second-order valence-corrected chi connectivity index (χ2v) is 3.46. The highest BCUT2D eigenvalue weighted by Gasteiger charge is 2.05. The summed E-state index contributed by atoms with van der Waals surface area (Å²) in [7, 11) is 0. The van der Waals surface area contributed by atoms with Gasteiger partial charge < -0.3 is 5.11 Å². The van der Waals surface area contributed by atoms with Gasteiger partial charge in [-0.3, -0.25) is 0 Å². The highest BCUT2D eigenvalue weighted by atomic mass is 16.3. The average molecular weight is 178 g/mol. The Morgan fingerprint density at radius 3 is 2.54 bits per heavy atom. The molecule has 0 aliphatic rings. The van der Waals surface area contributed by atoms with Gasteiger partial charge in [0.1, 0.15) is 0 Å². The summed E-state index contributed by atoms with van der Waals surface area (Å²) in [6.07, 6.45) is 1.52.